The van der Waals surface area contributed by atoms with Crippen LogP contribution in [0.4, 0.5) is 13.2 Å². The largest absolute Gasteiger partial charge is 0.416 e. The zero-order chi connectivity index (χ0) is 26.6. The van der Waals surface area contributed by atoms with E-state index < -0.39 is 18.0 Å². The maximum atomic E-state index is 13.5. The SMILES string of the molecule is CN(C)CCCNC(O)c1ccc(-c2ccc(-c3ccc(Cl)cc3)n2-c2cccc(C(F)(F)F)c2)cc1. The highest BCUT2D eigenvalue weighted by atomic mass is 35.5. The number of hydrogen-bond acceptors (Lipinski definition) is 3. The second-order valence-electron chi connectivity index (χ2n) is 9.13. The van der Waals surface area contributed by atoms with E-state index in [1.165, 1.54) is 6.07 Å². The first-order valence-electron chi connectivity index (χ1n) is 12.0. The van der Waals surface area contributed by atoms with Crippen LogP contribution in [-0.4, -0.2) is 41.8 Å². The lowest BCUT2D eigenvalue weighted by molar-refractivity contribution is -0.137. The van der Waals surface area contributed by atoms with Gasteiger partial charge in [0.2, 0.25) is 0 Å². The Morgan fingerprint density at radius 3 is 2.05 bits per heavy atom. The Kier molecular flexibility index (Phi) is 8.39. The number of alkyl halides is 3. The molecule has 0 aliphatic carbocycles. The summed E-state index contributed by atoms with van der Waals surface area (Å²) in [6, 6.07) is 23.6. The van der Waals surface area contributed by atoms with Gasteiger partial charge >= 0.3 is 6.18 Å². The molecule has 37 heavy (non-hydrogen) atoms. The van der Waals surface area contributed by atoms with Crippen LogP contribution in [0.3, 0.4) is 0 Å². The van der Waals surface area contributed by atoms with Crippen LogP contribution in [0.15, 0.2) is 84.9 Å². The Morgan fingerprint density at radius 1 is 0.892 bits per heavy atom. The average molecular weight is 528 g/mol. The summed E-state index contributed by atoms with van der Waals surface area (Å²) >= 11 is 6.06. The molecule has 0 fully saturated rings. The molecular weight excluding hydrogens is 499 g/mol. The molecule has 1 heterocycles. The third-order valence-electron chi connectivity index (χ3n) is 6.09. The molecule has 1 atom stereocenters. The van der Waals surface area contributed by atoms with Crippen molar-refractivity contribution in [2.75, 3.05) is 27.2 Å². The molecular formula is C29H29ClF3N3O. The van der Waals surface area contributed by atoms with Crippen molar-refractivity contribution in [3.8, 4) is 28.2 Å². The van der Waals surface area contributed by atoms with Crippen molar-refractivity contribution in [2.24, 2.45) is 0 Å². The second-order valence-corrected chi connectivity index (χ2v) is 9.57. The van der Waals surface area contributed by atoms with Crippen LogP contribution < -0.4 is 5.32 Å². The van der Waals surface area contributed by atoms with Gasteiger partial charge in [-0.1, -0.05) is 54.1 Å². The molecule has 3 aromatic carbocycles. The molecule has 0 bridgehead atoms. The van der Waals surface area contributed by atoms with Gasteiger partial charge in [0.15, 0.2) is 0 Å². The van der Waals surface area contributed by atoms with E-state index in [0.717, 1.165) is 47.6 Å². The molecule has 2 N–H and O–H groups in total. The van der Waals surface area contributed by atoms with E-state index in [4.69, 9.17) is 11.6 Å². The molecule has 4 nitrogen and oxygen atoms in total. The number of halogens is 4. The van der Waals surface area contributed by atoms with Crippen molar-refractivity contribution in [2.45, 2.75) is 18.8 Å². The fourth-order valence-electron chi connectivity index (χ4n) is 4.20. The quantitative estimate of drug-likeness (QED) is 0.181. The molecule has 194 valence electrons. The highest BCUT2D eigenvalue weighted by molar-refractivity contribution is 6.30. The topological polar surface area (TPSA) is 40.4 Å². The van der Waals surface area contributed by atoms with Gasteiger partial charge in [-0.25, -0.2) is 0 Å². The molecule has 0 aliphatic heterocycles. The number of aliphatic hydroxyl groups is 1. The van der Waals surface area contributed by atoms with Gasteiger partial charge in [-0.05, 0) is 92.8 Å². The Labute approximate surface area is 219 Å². The molecule has 0 amide bonds. The van der Waals surface area contributed by atoms with E-state index in [-0.39, 0.29) is 0 Å². The number of nitrogens with one attached hydrogen (secondary N) is 1. The summed E-state index contributed by atoms with van der Waals surface area (Å²) in [7, 11) is 4.01. The van der Waals surface area contributed by atoms with Crippen LogP contribution in [0.25, 0.3) is 28.2 Å². The lowest BCUT2D eigenvalue weighted by Crippen LogP contribution is -2.25. The molecule has 1 aromatic heterocycles. The van der Waals surface area contributed by atoms with E-state index in [1.807, 2.05) is 67.2 Å². The van der Waals surface area contributed by atoms with Crippen LogP contribution >= 0.6 is 11.6 Å². The van der Waals surface area contributed by atoms with Gasteiger partial charge in [0.1, 0.15) is 6.23 Å². The second kappa shape index (κ2) is 11.5. The maximum Gasteiger partial charge on any atom is 0.416 e. The highest BCUT2D eigenvalue weighted by Gasteiger charge is 2.31. The molecule has 4 aromatic rings. The molecule has 0 saturated heterocycles. The van der Waals surface area contributed by atoms with E-state index in [2.05, 4.69) is 10.2 Å². The van der Waals surface area contributed by atoms with Gasteiger partial charge in [-0.2, -0.15) is 13.2 Å². The molecule has 1 unspecified atom stereocenters. The predicted molar refractivity (Wildman–Crippen MR) is 143 cm³/mol. The fourth-order valence-corrected chi connectivity index (χ4v) is 4.32. The first-order valence-corrected chi connectivity index (χ1v) is 12.3. The number of benzene rings is 3. The minimum absolute atomic E-state index is 0.395. The van der Waals surface area contributed by atoms with Crippen molar-refractivity contribution in [3.63, 3.8) is 0 Å². The van der Waals surface area contributed by atoms with E-state index in [9.17, 15) is 18.3 Å². The standard InChI is InChI=1S/C29H29ClF3N3O/c1-35(2)18-4-17-34-28(37)22-9-7-20(8-10-22)26-15-16-27(21-11-13-24(30)14-12-21)36(26)25-6-3-5-23(19-25)29(31,32)33/h3,5-16,19,28,34,37H,4,17-18H2,1-2H3. The third kappa shape index (κ3) is 6.62. The zero-order valence-electron chi connectivity index (χ0n) is 20.6. The molecule has 0 aliphatic rings. The first-order chi connectivity index (χ1) is 17.6. The Hall–Kier alpha value is -3.10. The van der Waals surface area contributed by atoms with Gasteiger partial charge in [0.25, 0.3) is 0 Å². The maximum absolute atomic E-state index is 13.5. The summed E-state index contributed by atoms with van der Waals surface area (Å²) in [4.78, 5) is 2.08. The van der Waals surface area contributed by atoms with E-state index in [1.54, 1.807) is 18.2 Å². The van der Waals surface area contributed by atoms with E-state index >= 15 is 0 Å². The molecule has 0 radical (unpaired) electrons. The summed E-state index contributed by atoms with van der Waals surface area (Å²) in [6.07, 6.45) is -4.36. The Balaban J connectivity index is 1.70. The number of aromatic nitrogens is 1. The van der Waals surface area contributed by atoms with Gasteiger partial charge in [-0.3, -0.25) is 5.32 Å². The monoisotopic (exact) mass is 527 g/mol. The van der Waals surface area contributed by atoms with Crippen LogP contribution in [-0.2, 0) is 6.18 Å². The van der Waals surface area contributed by atoms with Gasteiger partial charge in [-0.15, -0.1) is 0 Å². The number of aliphatic hydroxyl groups excluding tert-OH is 1. The van der Waals surface area contributed by atoms with Crippen LogP contribution in [0.1, 0.15) is 23.8 Å². The van der Waals surface area contributed by atoms with E-state index in [0.29, 0.717) is 22.8 Å². The van der Waals surface area contributed by atoms with Crippen molar-refractivity contribution in [1.82, 2.24) is 14.8 Å². The number of nitrogens with zero attached hydrogens (tertiary/aromatic N) is 2. The lowest BCUT2D eigenvalue weighted by atomic mass is 10.1. The van der Waals surface area contributed by atoms with Crippen molar-refractivity contribution in [1.29, 1.82) is 0 Å². The van der Waals surface area contributed by atoms with Crippen LogP contribution in [0.5, 0.6) is 0 Å². The molecule has 4 rings (SSSR count). The minimum Gasteiger partial charge on any atom is -0.374 e. The van der Waals surface area contributed by atoms with Crippen molar-refractivity contribution in [3.05, 3.63) is 101 Å². The normalized spacial score (nSPS) is 12.8. The molecule has 8 heteroatoms. The van der Waals surface area contributed by atoms with Crippen LogP contribution in [0.2, 0.25) is 5.02 Å². The Morgan fingerprint density at radius 2 is 1.49 bits per heavy atom. The molecule has 0 saturated carbocycles. The zero-order valence-corrected chi connectivity index (χ0v) is 21.4. The summed E-state index contributed by atoms with van der Waals surface area (Å²) in [5.41, 5.74) is 3.48. The summed E-state index contributed by atoms with van der Waals surface area (Å²) in [5, 5.41) is 14.2. The summed E-state index contributed by atoms with van der Waals surface area (Å²) < 4.78 is 42.4. The smallest absolute Gasteiger partial charge is 0.374 e. The first kappa shape index (κ1) is 26.9. The fraction of sp³-hybridized carbons (Fsp3) is 0.241. The number of rotatable bonds is 9. The third-order valence-corrected chi connectivity index (χ3v) is 6.35. The van der Waals surface area contributed by atoms with Crippen LogP contribution in [0, 0.1) is 0 Å². The highest BCUT2D eigenvalue weighted by Crippen LogP contribution is 2.36. The summed E-state index contributed by atoms with van der Waals surface area (Å²) in [6.45, 7) is 1.59. The van der Waals surface area contributed by atoms with Crippen molar-refractivity contribution >= 4 is 11.6 Å². The van der Waals surface area contributed by atoms with Gasteiger partial charge in [0, 0.05) is 10.7 Å². The predicted octanol–water partition coefficient (Wildman–Crippen LogP) is 7.02. The van der Waals surface area contributed by atoms with Gasteiger partial charge < -0.3 is 14.6 Å². The Bertz CT molecular complexity index is 1320. The number of hydrogen-bond donors (Lipinski definition) is 2. The van der Waals surface area contributed by atoms with Gasteiger partial charge in [0.05, 0.1) is 17.0 Å². The van der Waals surface area contributed by atoms with Crippen molar-refractivity contribution < 1.29 is 18.3 Å². The lowest BCUT2D eigenvalue weighted by Gasteiger charge is -2.17. The minimum atomic E-state index is -4.46. The summed E-state index contributed by atoms with van der Waals surface area (Å²) in [5.74, 6) is 0. The average Bonchev–Trinajstić information content (AvgIpc) is 3.32. The molecule has 0 spiro atoms.